The normalized spacial score (nSPS) is 21.9. The maximum Gasteiger partial charge on any atom is 0.294 e. The van der Waals surface area contributed by atoms with E-state index in [0.717, 1.165) is 36.0 Å². The molecule has 0 atom stereocenters. The Labute approximate surface area is 133 Å². The molecule has 0 unspecified atom stereocenters. The molecule has 6 heteroatoms. The van der Waals surface area contributed by atoms with Gasteiger partial charge in [0, 0.05) is 13.1 Å². The Bertz CT molecular complexity index is 606. The van der Waals surface area contributed by atoms with Crippen molar-refractivity contribution < 1.29 is 14.3 Å². The Hall–Kier alpha value is -1.63. The lowest BCUT2D eigenvalue weighted by Gasteiger charge is -2.29. The predicted octanol–water partition coefficient (Wildman–Crippen LogP) is 2.32. The van der Waals surface area contributed by atoms with Crippen LogP contribution in [0.3, 0.4) is 0 Å². The second-order valence-electron chi connectivity index (χ2n) is 5.39. The Morgan fingerprint density at radius 1 is 1.18 bits per heavy atom. The molecule has 0 aromatic heterocycles. The summed E-state index contributed by atoms with van der Waals surface area (Å²) in [6.45, 7) is 5.15. The number of ether oxygens (including phenoxy) is 1. The van der Waals surface area contributed by atoms with Crippen LogP contribution in [0.25, 0.3) is 6.08 Å². The number of amides is 2. The van der Waals surface area contributed by atoms with Crippen LogP contribution in [0.4, 0.5) is 4.79 Å². The summed E-state index contributed by atoms with van der Waals surface area (Å²) in [6, 6.07) is 7.88. The third-order valence-corrected chi connectivity index (χ3v) is 4.60. The molecule has 0 saturated carbocycles. The lowest BCUT2D eigenvalue weighted by Crippen LogP contribution is -2.45. The first-order chi connectivity index (χ1) is 10.6. The number of thioether (sulfide) groups is 1. The Kier molecular flexibility index (Phi) is 4.61. The van der Waals surface area contributed by atoms with Gasteiger partial charge in [-0.25, -0.2) is 0 Å². The standard InChI is InChI=1S/C16H18N2O3S/c1-12-2-4-13(5-3-12)10-14-15(19)18(16(20)22-14)11-17-6-8-21-9-7-17/h2-5,10H,6-9,11H2,1H3/b14-10+. The molecule has 0 aliphatic carbocycles. The highest BCUT2D eigenvalue weighted by Gasteiger charge is 2.36. The summed E-state index contributed by atoms with van der Waals surface area (Å²) in [5.41, 5.74) is 2.10. The summed E-state index contributed by atoms with van der Waals surface area (Å²) in [4.78, 5) is 28.4. The molecule has 5 nitrogen and oxygen atoms in total. The van der Waals surface area contributed by atoms with Gasteiger partial charge in [0.15, 0.2) is 0 Å². The number of hydrogen-bond acceptors (Lipinski definition) is 5. The van der Waals surface area contributed by atoms with Gasteiger partial charge in [-0.3, -0.25) is 19.4 Å². The molecule has 2 heterocycles. The zero-order valence-electron chi connectivity index (χ0n) is 12.4. The number of imide groups is 1. The Morgan fingerprint density at radius 3 is 2.55 bits per heavy atom. The lowest BCUT2D eigenvalue weighted by atomic mass is 10.1. The van der Waals surface area contributed by atoms with Gasteiger partial charge in [0.2, 0.25) is 0 Å². The molecule has 0 bridgehead atoms. The van der Waals surface area contributed by atoms with Crippen molar-refractivity contribution in [3.8, 4) is 0 Å². The molecule has 1 aromatic rings. The van der Waals surface area contributed by atoms with E-state index in [9.17, 15) is 9.59 Å². The lowest BCUT2D eigenvalue weighted by molar-refractivity contribution is -0.125. The zero-order valence-corrected chi connectivity index (χ0v) is 13.3. The minimum absolute atomic E-state index is 0.199. The third kappa shape index (κ3) is 3.40. The van der Waals surface area contributed by atoms with E-state index < -0.39 is 0 Å². The van der Waals surface area contributed by atoms with Crippen molar-refractivity contribution >= 4 is 29.0 Å². The quantitative estimate of drug-likeness (QED) is 0.801. The topological polar surface area (TPSA) is 49.9 Å². The number of aryl methyl sites for hydroxylation is 1. The molecular formula is C16H18N2O3S. The van der Waals surface area contributed by atoms with Crippen molar-refractivity contribution in [3.05, 3.63) is 40.3 Å². The first-order valence-corrected chi connectivity index (χ1v) is 8.07. The number of hydrogen-bond donors (Lipinski definition) is 0. The summed E-state index contributed by atoms with van der Waals surface area (Å²) in [5, 5.41) is -0.199. The van der Waals surface area contributed by atoms with Gasteiger partial charge in [-0.2, -0.15) is 0 Å². The fraction of sp³-hybridized carbons (Fsp3) is 0.375. The summed E-state index contributed by atoms with van der Waals surface area (Å²) in [7, 11) is 0. The fourth-order valence-corrected chi connectivity index (χ4v) is 3.21. The van der Waals surface area contributed by atoms with Crippen LogP contribution in [0.2, 0.25) is 0 Å². The van der Waals surface area contributed by atoms with Gasteiger partial charge in [-0.1, -0.05) is 29.8 Å². The van der Waals surface area contributed by atoms with Crippen LogP contribution in [0.15, 0.2) is 29.2 Å². The van der Waals surface area contributed by atoms with Gasteiger partial charge in [0.25, 0.3) is 11.1 Å². The van der Waals surface area contributed by atoms with Crippen molar-refractivity contribution in [1.29, 1.82) is 0 Å². The maximum absolute atomic E-state index is 12.4. The van der Waals surface area contributed by atoms with Crippen LogP contribution in [-0.2, 0) is 9.53 Å². The average molecular weight is 318 g/mol. The Balaban J connectivity index is 1.71. The van der Waals surface area contributed by atoms with Gasteiger partial charge in [0.1, 0.15) is 0 Å². The van der Waals surface area contributed by atoms with E-state index in [1.807, 2.05) is 31.2 Å². The second-order valence-corrected chi connectivity index (χ2v) is 6.39. The van der Waals surface area contributed by atoms with E-state index in [4.69, 9.17) is 4.74 Å². The maximum atomic E-state index is 12.4. The number of nitrogens with zero attached hydrogens (tertiary/aromatic N) is 2. The molecule has 2 amide bonds. The minimum Gasteiger partial charge on any atom is -0.379 e. The fourth-order valence-electron chi connectivity index (χ4n) is 2.38. The predicted molar refractivity (Wildman–Crippen MR) is 86.2 cm³/mol. The van der Waals surface area contributed by atoms with E-state index in [2.05, 4.69) is 4.90 Å². The smallest absolute Gasteiger partial charge is 0.294 e. The molecular weight excluding hydrogens is 300 g/mol. The molecule has 116 valence electrons. The zero-order chi connectivity index (χ0) is 15.5. The molecule has 2 fully saturated rings. The van der Waals surface area contributed by atoms with Crippen LogP contribution in [0.1, 0.15) is 11.1 Å². The summed E-state index contributed by atoms with van der Waals surface area (Å²) in [6.07, 6.45) is 1.78. The highest BCUT2D eigenvalue weighted by Crippen LogP contribution is 2.32. The SMILES string of the molecule is Cc1ccc(/C=C2/SC(=O)N(CN3CCOCC3)C2=O)cc1. The van der Waals surface area contributed by atoms with Gasteiger partial charge in [-0.05, 0) is 30.3 Å². The average Bonchev–Trinajstić information content (AvgIpc) is 2.78. The highest BCUT2D eigenvalue weighted by molar-refractivity contribution is 8.18. The molecule has 0 spiro atoms. The van der Waals surface area contributed by atoms with Crippen molar-refractivity contribution in [1.82, 2.24) is 9.80 Å². The van der Waals surface area contributed by atoms with Crippen LogP contribution in [0, 0.1) is 6.92 Å². The van der Waals surface area contributed by atoms with Crippen molar-refractivity contribution in [3.63, 3.8) is 0 Å². The first-order valence-electron chi connectivity index (χ1n) is 7.25. The van der Waals surface area contributed by atoms with Crippen molar-refractivity contribution in [2.24, 2.45) is 0 Å². The highest BCUT2D eigenvalue weighted by atomic mass is 32.2. The van der Waals surface area contributed by atoms with Gasteiger partial charge in [0.05, 0.1) is 24.8 Å². The Morgan fingerprint density at radius 2 is 1.86 bits per heavy atom. The van der Waals surface area contributed by atoms with Crippen LogP contribution < -0.4 is 0 Å². The second kappa shape index (κ2) is 6.64. The molecule has 2 saturated heterocycles. The molecule has 0 N–H and O–H groups in total. The van der Waals surface area contributed by atoms with E-state index in [-0.39, 0.29) is 11.1 Å². The summed E-state index contributed by atoms with van der Waals surface area (Å²) in [5.74, 6) is -0.206. The van der Waals surface area contributed by atoms with Gasteiger partial charge in [-0.15, -0.1) is 0 Å². The largest absolute Gasteiger partial charge is 0.379 e. The van der Waals surface area contributed by atoms with Crippen LogP contribution >= 0.6 is 11.8 Å². The van der Waals surface area contributed by atoms with Gasteiger partial charge < -0.3 is 4.74 Å². The molecule has 1 aromatic carbocycles. The van der Waals surface area contributed by atoms with E-state index >= 15 is 0 Å². The summed E-state index contributed by atoms with van der Waals surface area (Å²) >= 11 is 1.01. The van der Waals surface area contributed by atoms with E-state index in [1.165, 1.54) is 4.90 Å². The number of rotatable bonds is 3. The first kappa shape index (κ1) is 15.3. The minimum atomic E-state index is -0.206. The van der Waals surface area contributed by atoms with Crippen LogP contribution in [0.5, 0.6) is 0 Å². The number of carbonyl (C=O) groups excluding carboxylic acids is 2. The molecule has 2 aliphatic rings. The van der Waals surface area contributed by atoms with Crippen LogP contribution in [-0.4, -0.2) is 53.9 Å². The molecule has 22 heavy (non-hydrogen) atoms. The number of benzene rings is 1. The summed E-state index contributed by atoms with van der Waals surface area (Å²) < 4.78 is 5.28. The van der Waals surface area contributed by atoms with E-state index in [1.54, 1.807) is 6.08 Å². The molecule has 0 radical (unpaired) electrons. The monoisotopic (exact) mass is 318 g/mol. The van der Waals surface area contributed by atoms with E-state index in [0.29, 0.717) is 24.8 Å². The number of carbonyl (C=O) groups is 2. The molecule has 3 rings (SSSR count). The van der Waals surface area contributed by atoms with Crippen molar-refractivity contribution in [2.45, 2.75) is 6.92 Å². The third-order valence-electron chi connectivity index (χ3n) is 3.69. The van der Waals surface area contributed by atoms with Crippen molar-refractivity contribution in [2.75, 3.05) is 33.0 Å². The van der Waals surface area contributed by atoms with Gasteiger partial charge >= 0.3 is 0 Å². The molecule has 2 aliphatic heterocycles. The number of morpholine rings is 1.